The summed E-state index contributed by atoms with van der Waals surface area (Å²) in [5, 5.41) is 3.78. The normalized spacial score (nSPS) is 13.2. The topological polar surface area (TPSA) is 105 Å². The van der Waals surface area contributed by atoms with Crippen molar-refractivity contribution in [3.63, 3.8) is 0 Å². The molecule has 0 radical (unpaired) electrons. The van der Waals surface area contributed by atoms with Crippen LogP contribution in [0.2, 0.25) is 10.0 Å². The molecule has 0 aliphatic carbocycles. The number of fused-ring (bicyclic) bond motifs is 1. The van der Waals surface area contributed by atoms with Gasteiger partial charge in [-0.1, -0.05) is 66.5 Å². The van der Waals surface area contributed by atoms with Crippen LogP contribution in [0.5, 0.6) is 11.5 Å². The first-order valence-corrected chi connectivity index (χ1v) is 17.1. The Morgan fingerprint density at radius 3 is 2.39 bits per heavy atom. The Hall–Kier alpha value is -3.47. The van der Waals surface area contributed by atoms with Crippen molar-refractivity contribution in [2.24, 2.45) is 0 Å². The van der Waals surface area contributed by atoms with E-state index in [0.29, 0.717) is 59.0 Å². The largest absolute Gasteiger partial charge is 0.486 e. The number of rotatable bonds is 14. The summed E-state index contributed by atoms with van der Waals surface area (Å²) in [6.45, 7) is 3.33. The molecule has 0 spiro atoms. The van der Waals surface area contributed by atoms with E-state index in [1.807, 2.05) is 37.3 Å². The van der Waals surface area contributed by atoms with Gasteiger partial charge in [0.2, 0.25) is 21.8 Å². The van der Waals surface area contributed by atoms with Crippen LogP contribution in [0.1, 0.15) is 37.3 Å². The zero-order valence-electron chi connectivity index (χ0n) is 24.8. The van der Waals surface area contributed by atoms with Gasteiger partial charge in [-0.15, -0.1) is 0 Å². The summed E-state index contributed by atoms with van der Waals surface area (Å²) in [5.74, 6) is 0.430. The maximum Gasteiger partial charge on any atom is 0.243 e. The molecule has 0 fully saturated rings. The average molecular weight is 663 g/mol. The molecule has 9 nitrogen and oxygen atoms in total. The van der Waals surface area contributed by atoms with Crippen molar-refractivity contribution in [2.75, 3.05) is 36.9 Å². The van der Waals surface area contributed by atoms with Crippen molar-refractivity contribution in [2.45, 2.75) is 45.2 Å². The minimum atomic E-state index is -3.68. The SMILES string of the molecule is CCCNC(=O)[C@H](Cc1ccccc1)N(Cc1ccc(Cl)cc1Cl)C(=O)CCCN(c1ccc2c(c1)OCCO2)S(C)(=O)=O. The van der Waals surface area contributed by atoms with E-state index in [1.54, 1.807) is 36.4 Å². The number of carbonyl (C=O) groups excluding carboxylic acids is 2. The lowest BCUT2D eigenvalue weighted by Gasteiger charge is -2.32. The van der Waals surface area contributed by atoms with Gasteiger partial charge in [0.1, 0.15) is 19.3 Å². The number of benzene rings is 3. The predicted molar refractivity (Wildman–Crippen MR) is 173 cm³/mol. The van der Waals surface area contributed by atoms with E-state index in [4.69, 9.17) is 32.7 Å². The van der Waals surface area contributed by atoms with Crippen LogP contribution in [0, 0.1) is 0 Å². The summed E-state index contributed by atoms with van der Waals surface area (Å²) in [6.07, 6.45) is 2.35. The summed E-state index contributed by atoms with van der Waals surface area (Å²) < 4.78 is 38.0. The second-order valence-electron chi connectivity index (χ2n) is 10.5. The third-order valence-corrected chi connectivity index (χ3v) is 8.92. The Morgan fingerprint density at radius 1 is 0.977 bits per heavy atom. The molecule has 1 heterocycles. The lowest BCUT2D eigenvalue weighted by Crippen LogP contribution is -2.50. The Kier molecular flexibility index (Phi) is 11.8. The third-order valence-electron chi connectivity index (χ3n) is 7.14. The molecule has 0 bridgehead atoms. The van der Waals surface area contributed by atoms with E-state index < -0.39 is 16.1 Å². The molecule has 3 aromatic carbocycles. The van der Waals surface area contributed by atoms with Crippen LogP contribution < -0.4 is 19.1 Å². The molecule has 44 heavy (non-hydrogen) atoms. The maximum absolute atomic E-state index is 14.0. The molecule has 3 aromatic rings. The summed E-state index contributed by atoms with van der Waals surface area (Å²) in [4.78, 5) is 29.0. The van der Waals surface area contributed by atoms with Crippen molar-refractivity contribution in [3.05, 3.63) is 87.9 Å². The van der Waals surface area contributed by atoms with Gasteiger partial charge in [-0.2, -0.15) is 0 Å². The number of amides is 2. The average Bonchev–Trinajstić information content (AvgIpc) is 3.00. The van der Waals surface area contributed by atoms with Crippen LogP contribution in [0.25, 0.3) is 0 Å². The van der Waals surface area contributed by atoms with Crippen molar-refractivity contribution >= 4 is 50.7 Å². The van der Waals surface area contributed by atoms with Gasteiger partial charge in [-0.05, 0) is 48.2 Å². The minimum absolute atomic E-state index is 0.00583. The van der Waals surface area contributed by atoms with E-state index in [-0.39, 0.29) is 37.7 Å². The first-order chi connectivity index (χ1) is 21.1. The Bertz CT molecular complexity index is 1550. The molecule has 12 heteroatoms. The predicted octanol–water partition coefficient (Wildman–Crippen LogP) is 5.48. The fourth-order valence-corrected chi connectivity index (χ4v) is 6.37. The highest BCUT2D eigenvalue weighted by Crippen LogP contribution is 2.35. The number of nitrogens with one attached hydrogen (secondary N) is 1. The van der Waals surface area contributed by atoms with Crippen molar-refractivity contribution in [3.8, 4) is 11.5 Å². The van der Waals surface area contributed by atoms with Crippen molar-refractivity contribution < 1.29 is 27.5 Å². The fourth-order valence-electron chi connectivity index (χ4n) is 4.94. The number of carbonyl (C=O) groups is 2. The summed E-state index contributed by atoms with van der Waals surface area (Å²) in [5.41, 5.74) is 1.95. The first-order valence-electron chi connectivity index (χ1n) is 14.5. The van der Waals surface area contributed by atoms with Gasteiger partial charge < -0.3 is 19.7 Å². The van der Waals surface area contributed by atoms with Gasteiger partial charge in [-0.25, -0.2) is 8.42 Å². The van der Waals surface area contributed by atoms with Crippen molar-refractivity contribution in [1.82, 2.24) is 10.2 Å². The van der Waals surface area contributed by atoms with E-state index in [0.717, 1.165) is 18.2 Å². The molecule has 1 aliphatic rings. The summed E-state index contributed by atoms with van der Waals surface area (Å²) >= 11 is 12.6. The lowest BCUT2D eigenvalue weighted by molar-refractivity contribution is -0.141. The Morgan fingerprint density at radius 2 is 1.70 bits per heavy atom. The van der Waals surface area contributed by atoms with E-state index in [2.05, 4.69) is 5.32 Å². The number of hydrogen-bond acceptors (Lipinski definition) is 6. The third kappa shape index (κ3) is 9.03. The zero-order chi connectivity index (χ0) is 31.7. The highest BCUT2D eigenvalue weighted by Gasteiger charge is 2.31. The van der Waals surface area contributed by atoms with E-state index in [1.165, 1.54) is 9.21 Å². The molecule has 0 unspecified atom stereocenters. The molecule has 0 saturated carbocycles. The molecule has 1 atom stereocenters. The number of ether oxygens (including phenoxy) is 2. The van der Waals surface area contributed by atoms with Gasteiger partial charge in [0, 0.05) is 48.6 Å². The number of sulfonamides is 1. The van der Waals surface area contributed by atoms with Crippen LogP contribution in [-0.4, -0.2) is 63.7 Å². The number of halogens is 2. The Labute approximate surface area is 269 Å². The van der Waals surface area contributed by atoms with E-state index >= 15 is 0 Å². The number of hydrogen-bond donors (Lipinski definition) is 1. The molecule has 236 valence electrons. The van der Waals surface area contributed by atoms with Crippen LogP contribution in [-0.2, 0) is 32.6 Å². The van der Waals surface area contributed by atoms with Gasteiger partial charge >= 0.3 is 0 Å². The van der Waals surface area contributed by atoms with Crippen LogP contribution in [0.4, 0.5) is 5.69 Å². The van der Waals surface area contributed by atoms with Gasteiger partial charge in [0.15, 0.2) is 11.5 Å². The lowest BCUT2D eigenvalue weighted by atomic mass is 10.0. The number of nitrogens with zero attached hydrogens (tertiary/aromatic N) is 2. The van der Waals surface area contributed by atoms with Crippen LogP contribution in [0.15, 0.2) is 66.7 Å². The Balaban J connectivity index is 1.59. The summed E-state index contributed by atoms with van der Waals surface area (Å²) in [6, 6.07) is 18.6. The highest BCUT2D eigenvalue weighted by atomic mass is 35.5. The quantitative estimate of drug-likeness (QED) is 0.245. The first kappa shape index (κ1) is 33.4. The number of anilines is 1. The second-order valence-corrected chi connectivity index (χ2v) is 13.3. The molecule has 2 amide bonds. The molecule has 0 saturated heterocycles. The zero-order valence-corrected chi connectivity index (χ0v) is 27.1. The van der Waals surface area contributed by atoms with Gasteiger partial charge in [0.25, 0.3) is 0 Å². The van der Waals surface area contributed by atoms with Crippen molar-refractivity contribution in [1.29, 1.82) is 0 Å². The standard InChI is InChI=1S/C32H37Cl2N3O6S/c1-3-15-35-32(39)28(19-23-8-5-4-6-9-23)36(22-24-11-12-25(33)20-27(24)34)31(38)10-7-16-37(44(2,40)41)26-13-14-29-30(21-26)43-18-17-42-29/h4-6,8-9,11-14,20-21,28H,3,7,10,15-19,22H2,1-2H3,(H,35,39)/t28-/m0/s1. The van der Waals surface area contributed by atoms with E-state index in [9.17, 15) is 18.0 Å². The molecular weight excluding hydrogens is 625 g/mol. The molecule has 0 aromatic heterocycles. The summed E-state index contributed by atoms with van der Waals surface area (Å²) in [7, 11) is -3.68. The maximum atomic E-state index is 14.0. The van der Waals surface area contributed by atoms with Crippen LogP contribution in [0.3, 0.4) is 0 Å². The minimum Gasteiger partial charge on any atom is -0.486 e. The highest BCUT2D eigenvalue weighted by molar-refractivity contribution is 7.92. The molecule has 1 N–H and O–H groups in total. The smallest absolute Gasteiger partial charge is 0.243 e. The molecule has 4 rings (SSSR count). The molecule has 1 aliphatic heterocycles. The fraction of sp³-hybridized carbons (Fsp3) is 0.375. The van der Waals surface area contributed by atoms with Crippen LogP contribution >= 0.6 is 23.2 Å². The monoisotopic (exact) mass is 661 g/mol. The van der Waals surface area contributed by atoms with Gasteiger partial charge in [0.05, 0.1) is 11.9 Å². The van der Waals surface area contributed by atoms with Gasteiger partial charge in [-0.3, -0.25) is 13.9 Å². The second kappa shape index (κ2) is 15.5. The molecular formula is C32H37Cl2N3O6S.